The van der Waals surface area contributed by atoms with Gasteiger partial charge in [0.1, 0.15) is 0 Å². The lowest BCUT2D eigenvalue weighted by Gasteiger charge is -2.63. The van der Waals surface area contributed by atoms with Crippen LogP contribution in [0.5, 0.6) is 0 Å². The quantitative estimate of drug-likeness (QED) is 0.0410. The highest BCUT2D eigenvalue weighted by molar-refractivity contribution is 7.81. The molecule has 0 N–H and O–H groups in total. The Hall–Kier alpha value is 4.06. The van der Waals surface area contributed by atoms with Gasteiger partial charge >= 0.3 is 70.4 Å². The van der Waals surface area contributed by atoms with E-state index in [0.717, 1.165) is 0 Å². The molecule has 0 aromatic carbocycles. The molecular weight excluding hydrogens is 961 g/mol. The second-order valence-electron chi connectivity index (χ2n) is 13.3. The van der Waals surface area contributed by atoms with Crippen LogP contribution in [-0.4, -0.2) is 116 Å². The van der Waals surface area contributed by atoms with E-state index in [1.165, 1.54) is 0 Å². The van der Waals surface area contributed by atoms with Crippen LogP contribution < -0.4 is 0 Å². The molecule has 0 unspecified atom stereocenters. The van der Waals surface area contributed by atoms with Crippen molar-refractivity contribution in [1.82, 2.24) is 0 Å². The Bertz CT molecular complexity index is 834. The Morgan fingerprint density at radius 1 is 0.192 bits per heavy atom. The molecule has 6 aliphatic heterocycles. The molecule has 0 spiro atoms. The molecule has 0 radical (unpaired) electrons. The first-order valence-electron chi connectivity index (χ1n) is 18.3. The minimum atomic E-state index is -3.91. The maximum atomic E-state index is 7.55. The van der Waals surface area contributed by atoms with Crippen LogP contribution in [0, 0.1) is 0 Å². The fourth-order valence-electron chi connectivity index (χ4n) is 6.93. The van der Waals surface area contributed by atoms with E-state index < -0.39 is 70.4 Å². The standard InChI is InChI=1S/C24H56O12S8Si8/c37-9-1-17-45-25-46(18-2-10-38)28-49(21-5-13-41)30-47(26-45,19-3-11-39)32-51(23-7-15-43)33-48(27-45,20-4-12-40)31-50(29-46,22-6-14-42)35-52(34-49,36-51)24-8-16-44/h37-44H,1-24H2. The molecule has 52 heavy (non-hydrogen) atoms. The third-order valence-electron chi connectivity index (χ3n) is 8.86. The number of thiol groups is 8. The first kappa shape index (κ1) is 47.1. The fraction of sp³-hybridized carbons (Fsp3) is 1.00. The molecule has 12 nitrogen and oxygen atoms in total. The molecular formula is C24H56O12S8Si8. The van der Waals surface area contributed by atoms with Crippen molar-refractivity contribution in [3.63, 3.8) is 0 Å². The Balaban J connectivity index is 1.88. The van der Waals surface area contributed by atoms with Gasteiger partial charge in [-0.05, 0) is 97.4 Å². The van der Waals surface area contributed by atoms with Gasteiger partial charge in [-0.2, -0.15) is 101 Å². The van der Waals surface area contributed by atoms with Crippen LogP contribution in [0.15, 0.2) is 0 Å². The number of hydrogen-bond acceptors (Lipinski definition) is 20. The number of hydrogen-bond donors (Lipinski definition) is 8. The van der Waals surface area contributed by atoms with Crippen LogP contribution in [0.1, 0.15) is 51.4 Å². The first-order chi connectivity index (χ1) is 25.0. The van der Waals surface area contributed by atoms with Gasteiger partial charge in [-0.15, -0.1) is 0 Å². The lowest BCUT2D eigenvalue weighted by atomic mass is 10.6. The second-order valence-corrected chi connectivity index (χ2v) is 41.6. The van der Waals surface area contributed by atoms with Crippen molar-refractivity contribution < 1.29 is 49.4 Å². The predicted octanol–water partition coefficient (Wildman–Crippen LogP) is 6.32. The van der Waals surface area contributed by atoms with Gasteiger partial charge in [-0.3, -0.25) is 0 Å². The van der Waals surface area contributed by atoms with Gasteiger partial charge < -0.3 is 49.4 Å². The smallest absolute Gasteiger partial charge is 0.373 e. The summed E-state index contributed by atoms with van der Waals surface area (Å²) in [6.07, 6.45) is 5.08. The summed E-state index contributed by atoms with van der Waals surface area (Å²) < 4.78 is 90.6. The maximum Gasteiger partial charge on any atom is 0.478 e. The summed E-state index contributed by atoms with van der Waals surface area (Å²) in [6.45, 7) is 0. The van der Waals surface area contributed by atoms with Crippen molar-refractivity contribution in [3.05, 3.63) is 0 Å². The summed E-state index contributed by atoms with van der Waals surface area (Å²) >= 11 is 37.0. The van der Waals surface area contributed by atoms with E-state index in [1.807, 2.05) is 0 Å². The van der Waals surface area contributed by atoms with E-state index in [-0.39, 0.29) is 0 Å². The van der Waals surface area contributed by atoms with Gasteiger partial charge in [-0.1, -0.05) is 0 Å². The normalized spacial score (nSPS) is 41.1. The summed E-state index contributed by atoms with van der Waals surface area (Å²) in [6, 6.07) is 3.29. The van der Waals surface area contributed by atoms with Crippen LogP contribution in [0.3, 0.4) is 0 Å². The lowest BCUT2D eigenvalue weighted by Crippen LogP contribution is -2.88. The van der Waals surface area contributed by atoms with E-state index in [4.69, 9.17) is 49.4 Å². The van der Waals surface area contributed by atoms with Crippen molar-refractivity contribution in [2.45, 2.75) is 99.7 Å². The van der Waals surface area contributed by atoms with Crippen LogP contribution in [0.25, 0.3) is 0 Å². The molecule has 0 atom stereocenters. The van der Waals surface area contributed by atoms with Crippen LogP contribution in [0.4, 0.5) is 0 Å². The first-order valence-corrected chi connectivity index (χ1v) is 38.8. The van der Waals surface area contributed by atoms with Gasteiger partial charge in [-0.25, -0.2) is 0 Å². The molecule has 6 fully saturated rings. The zero-order chi connectivity index (χ0) is 37.5. The minimum Gasteiger partial charge on any atom is -0.373 e. The zero-order valence-electron chi connectivity index (χ0n) is 29.4. The van der Waals surface area contributed by atoms with Crippen LogP contribution in [-0.2, 0) is 49.4 Å². The molecule has 0 aromatic rings. The second kappa shape index (κ2) is 20.7. The molecule has 0 aromatic heterocycles. The number of rotatable bonds is 24. The van der Waals surface area contributed by atoms with E-state index in [2.05, 4.69) is 101 Å². The Labute approximate surface area is 363 Å². The topological polar surface area (TPSA) is 111 Å². The van der Waals surface area contributed by atoms with Crippen molar-refractivity contribution in [2.75, 3.05) is 46.0 Å². The average Bonchev–Trinajstić information content (AvgIpc) is 3.08. The summed E-state index contributed by atoms with van der Waals surface area (Å²) in [7, 11) is -31.3. The summed E-state index contributed by atoms with van der Waals surface area (Å²) in [5, 5.41) is 0. The van der Waals surface area contributed by atoms with Gasteiger partial charge in [0.05, 0.1) is 0 Å². The van der Waals surface area contributed by atoms with E-state index in [1.54, 1.807) is 0 Å². The molecule has 0 amide bonds. The van der Waals surface area contributed by atoms with E-state index >= 15 is 0 Å². The Kier molecular flexibility index (Phi) is 18.8. The van der Waals surface area contributed by atoms with Crippen LogP contribution >= 0.6 is 101 Å². The lowest BCUT2D eigenvalue weighted by molar-refractivity contribution is -0.0305. The van der Waals surface area contributed by atoms with Crippen molar-refractivity contribution in [3.8, 4) is 0 Å². The fourth-order valence-corrected chi connectivity index (χ4v) is 61.0. The molecule has 6 aliphatic rings. The third-order valence-corrected chi connectivity index (χ3v) is 49.0. The summed E-state index contributed by atoms with van der Waals surface area (Å²) in [5.41, 5.74) is 0. The zero-order valence-corrected chi connectivity index (χ0v) is 44.6. The highest BCUT2D eigenvalue weighted by Gasteiger charge is 2.82. The van der Waals surface area contributed by atoms with Crippen molar-refractivity contribution in [2.24, 2.45) is 0 Å². The molecule has 0 aliphatic carbocycles. The third kappa shape index (κ3) is 11.3. The van der Waals surface area contributed by atoms with Crippen molar-refractivity contribution in [1.29, 1.82) is 0 Å². The van der Waals surface area contributed by atoms with Gasteiger partial charge in [0, 0.05) is 48.4 Å². The largest absolute Gasteiger partial charge is 0.478 e. The minimum absolute atomic E-state index is 0.411. The molecule has 304 valence electrons. The summed E-state index contributed by atoms with van der Waals surface area (Å²) in [5.74, 6) is 4.62. The molecule has 6 heterocycles. The van der Waals surface area contributed by atoms with E-state index in [0.29, 0.717) is 146 Å². The van der Waals surface area contributed by atoms with E-state index in [9.17, 15) is 0 Å². The van der Waals surface area contributed by atoms with Gasteiger partial charge in [0.2, 0.25) is 0 Å². The average molecular weight is 1020 g/mol. The molecule has 8 bridgehead atoms. The predicted molar refractivity (Wildman–Crippen MR) is 245 cm³/mol. The molecule has 6 saturated heterocycles. The summed E-state index contributed by atoms with van der Waals surface area (Å²) in [4.78, 5) is 0. The van der Waals surface area contributed by atoms with Crippen molar-refractivity contribution >= 4 is 171 Å². The molecule has 28 heteroatoms. The highest BCUT2D eigenvalue weighted by atomic mass is 32.1. The Morgan fingerprint density at radius 2 is 0.288 bits per heavy atom. The highest BCUT2D eigenvalue weighted by Crippen LogP contribution is 2.54. The van der Waals surface area contributed by atoms with Gasteiger partial charge in [0.15, 0.2) is 0 Å². The molecule has 0 saturated carbocycles. The molecule has 6 rings (SSSR count). The Morgan fingerprint density at radius 3 is 0.365 bits per heavy atom. The SMILES string of the molecule is SCCC[Si]12O[Si]3(CCCS)O[Si]4(CCCS)O[Si](CCCS)(O1)O[Si]1(CCCS)O[Si](CCCS)(O2)O[Si](CCCS)(O3)O[Si](CCCS)(O4)O1. The van der Waals surface area contributed by atoms with Crippen LogP contribution in [0.2, 0.25) is 48.4 Å². The monoisotopic (exact) mass is 1020 g/mol. The maximum absolute atomic E-state index is 7.55. The van der Waals surface area contributed by atoms with Gasteiger partial charge in [0.25, 0.3) is 0 Å².